The molecule has 0 heterocycles. The van der Waals surface area contributed by atoms with Gasteiger partial charge in [-0.2, -0.15) is 0 Å². The van der Waals surface area contributed by atoms with E-state index >= 15 is 0 Å². The molecule has 0 spiro atoms. The molecule has 3 heteroatoms. The number of carbonyl (C=O) groups excluding carboxylic acids is 2. The van der Waals surface area contributed by atoms with E-state index in [0.29, 0.717) is 6.42 Å². The van der Waals surface area contributed by atoms with Crippen LogP contribution in [0, 0.1) is 0 Å². The van der Waals surface area contributed by atoms with Crippen molar-refractivity contribution in [2.45, 2.75) is 72.1 Å². The minimum Gasteiger partial charge on any atom is -0.504 e. The average Bonchev–Trinajstić information content (AvgIpc) is 2.74. The second-order valence-corrected chi connectivity index (χ2v) is 5.09. The van der Waals surface area contributed by atoms with E-state index in [2.05, 4.69) is 6.92 Å². The molecule has 0 bridgehead atoms. The topological polar surface area (TPSA) is 54.4 Å². The predicted octanol–water partition coefficient (Wildman–Crippen LogP) is 4.67. The average molecular weight is 280 g/mol. The summed E-state index contributed by atoms with van der Waals surface area (Å²) in [7, 11) is 0. The summed E-state index contributed by atoms with van der Waals surface area (Å²) < 4.78 is 0. The van der Waals surface area contributed by atoms with E-state index in [0.717, 1.165) is 24.8 Å². The van der Waals surface area contributed by atoms with Gasteiger partial charge in [0.15, 0.2) is 17.3 Å². The molecule has 1 N–H and O–H groups in total. The highest BCUT2D eigenvalue weighted by atomic mass is 16.3. The summed E-state index contributed by atoms with van der Waals surface area (Å²) in [5.74, 6) is 0.0878. The third-order valence-electron chi connectivity index (χ3n) is 3.26. The summed E-state index contributed by atoms with van der Waals surface area (Å²) in [5.41, 5.74) is 0.917. The molecule has 0 atom stereocenters. The molecule has 0 radical (unpaired) electrons. The molecule has 0 aromatic rings. The van der Waals surface area contributed by atoms with Gasteiger partial charge in [0.1, 0.15) is 0 Å². The largest absolute Gasteiger partial charge is 0.504 e. The minimum absolute atomic E-state index is 0.0255. The SMILES string of the molecule is CCC1=C(O)C(=O)CC1.CCCCCCC=CC(C)=O. The third kappa shape index (κ3) is 8.68. The van der Waals surface area contributed by atoms with Gasteiger partial charge in [-0.25, -0.2) is 0 Å². The summed E-state index contributed by atoms with van der Waals surface area (Å²) in [6.07, 6.45) is 11.9. The lowest BCUT2D eigenvalue weighted by atomic mass is 10.1. The quantitative estimate of drug-likeness (QED) is 0.544. The number of aliphatic hydroxyl groups is 1. The first kappa shape index (κ1) is 18.6. The monoisotopic (exact) mass is 280 g/mol. The second-order valence-electron chi connectivity index (χ2n) is 5.09. The van der Waals surface area contributed by atoms with Crippen molar-refractivity contribution in [1.82, 2.24) is 0 Å². The molecule has 20 heavy (non-hydrogen) atoms. The Morgan fingerprint density at radius 3 is 2.30 bits per heavy atom. The number of carbonyl (C=O) groups is 2. The molecule has 0 aromatic heterocycles. The zero-order valence-electron chi connectivity index (χ0n) is 13.1. The number of aliphatic hydroxyl groups excluding tert-OH is 1. The van der Waals surface area contributed by atoms with E-state index in [9.17, 15) is 9.59 Å². The van der Waals surface area contributed by atoms with E-state index in [1.54, 1.807) is 13.0 Å². The summed E-state index contributed by atoms with van der Waals surface area (Å²) in [6.45, 7) is 5.73. The normalized spacial score (nSPS) is 14.7. The van der Waals surface area contributed by atoms with Crippen LogP contribution in [0.5, 0.6) is 0 Å². The molecule has 0 aliphatic heterocycles. The smallest absolute Gasteiger partial charge is 0.197 e. The number of rotatable bonds is 7. The standard InChI is InChI=1S/C10H18O.C7H10O2/c1-3-4-5-6-7-8-9-10(2)11;1-2-5-3-4-6(8)7(5)9/h8-9H,3-7H2,1-2H3;9H,2-4H2,1H3. The van der Waals surface area contributed by atoms with Gasteiger partial charge in [0.05, 0.1) is 0 Å². The molecule has 1 rings (SSSR count). The zero-order chi connectivity index (χ0) is 15.4. The van der Waals surface area contributed by atoms with Gasteiger partial charge in [0, 0.05) is 6.42 Å². The van der Waals surface area contributed by atoms with Crippen molar-refractivity contribution in [3.63, 3.8) is 0 Å². The van der Waals surface area contributed by atoms with Crippen LogP contribution in [-0.2, 0) is 9.59 Å². The molecule has 1 aliphatic carbocycles. The highest BCUT2D eigenvalue weighted by Gasteiger charge is 2.19. The Balaban J connectivity index is 0.000000367. The predicted molar refractivity (Wildman–Crippen MR) is 82.8 cm³/mol. The van der Waals surface area contributed by atoms with Gasteiger partial charge in [-0.05, 0) is 44.3 Å². The van der Waals surface area contributed by atoms with Crippen molar-refractivity contribution < 1.29 is 14.7 Å². The van der Waals surface area contributed by atoms with Gasteiger partial charge in [-0.3, -0.25) is 9.59 Å². The van der Waals surface area contributed by atoms with Crippen molar-refractivity contribution in [3.8, 4) is 0 Å². The number of ketones is 2. The van der Waals surface area contributed by atoms with Gasteiger partial charge in [0.2, 0.25) is 0 Å². The van der Waals surface area contributed by atoms with Crippen LogP contribution in [0.2, 0.25) is 0 Å². The van der Waals surface area contributed by atoms with Gasteiger partial charge >= 0.3 is 0 Å². The number of hydrogen-bond acceptors (Lipinski definition) is 3. The van der Waals surface area contributed by atoms with Crippen LogP contribution in [0.3, 0.4) is 0 Å². The Bertz CT molecular complexity index is 364. The van der Waals surface area contributed by atoms with Gasteiger partial charge < -0.3 is 5.11 Å². The number of allylic oxidation sites excluding steroid dienone is 4. The fourth-order valence-corrected chi connectivity index (χ4v) is 1.98. The Labute approximate surface area is 122 Å². The first-order chi connectivity index (χ1) is 9.52. The summed E-state index contributed by atoms with van der Waals surface area (Å²) in [4.78, 5) is 21.1. The number of Topliss-reactive ketones (excluding diaryl/α,β-unsaturated/α-hetero) is 1. The van der Waals surface area contributed by atoms with Crippen LogP contribution >= 0.6 is 0 Å². The van der Waals surface area contributed by atoms with E-state index in [-0.39, 0.29) is 17.3 Å². The van der Waals surface area contributed by atoms with Crippen LogP contribution in [-0.4, -0.2) is 16.7 Å². The maximum atomic E-state index is 10.6. The third-order valence-corrected chi connectivity index (χ3v) is 3.26. The van der Waals surface area contributed by atoms with Crippen LogP contribution in [0.4, 0.5) is 0 Å². The molecule has 0 unspecified atom stereocenters. The zero-order valence-corrected chi connectivity index (χ0v) is 13.1. The van der Waals surface area contributed by atoms with Crippen LogP contribution in [0.15, 0.2) is 23.5 Å². The molecule has 0 saturated heterocycles. The molecule has 0 aromatic carbocycles. The Morgan fingerprint density at radius 1 is 1.20 bits per heavy atom. The Kier molecular flexibility index (Phi) is 10.7. The molecular formula is C17H28O3. The van der Waals surface area contributed by atoms with Crippen molar-refractivity contribution >= 4 is 11.6 Å². The summed E-state index contributed by atoms with van der Waals surface area (Å²) >= 11 is 0. The lowest BCUT2D eigenvalue weighted by Gasteiger charge is -1.92. The first-order valence-electron chi connectivity index (χ1n) is 7.64. The summed E-state index contributed by atoms with van der Waals surface area (Å²) in [6, 6.07) is 0. The Hall–Kier alpha value is -1.38. The lowest BCUT2D eigenvalue weighted by molar-refractivity contribution is -0.117. The first-order valence-corrected chi connectivity index (χ1v) is 7.64. The molecule has 0 amide bonds. The fraction of sp³-hybridized carbons (Fsp3) is 0.647. The van der Waals surface area contributed by atoms with E-state index in [1.165, 1.54) is 25.7 Å². The van der Waals surface area contributed by atoms with Gasteiger partial charge in [0.25, 0.3) is 0 Å². The fourth-order valence-electron chi connectivity index (χ4n) is 1.98. The van der Waals surface area contributed by atoms with Crippen molar-refractivity contribution in [3.05, 3.63) is 23.5 Å². The maximum Gasteiger partial charge on any atom is 0.197 e. The van der Waals surface area contributed by atoms with Gasteiger partial charge in [-0.1, -0.05) is 39.2 Å². The van der Waals surface area contributed by atoms with E-state index < -0.39 is 0 Å². The number of hydrogen-bond donors (Lipinski definition) is 1. The maximum absolute atomic E-state index is 10.6. The molecule has 0 fully saturated rings. The highest BCUT2D eigenvalue weighted by molar-refractivity contribution is 5.96. The van der Waals surface area contributed by atoms with Crippen molar-refractivity contribution in [1.29, 1.82) is 0 Å². The van der Waals surface area contributed by atoms with Gasteiger partial charge in [-0.15, -0.1) is 0 Å². The second kappa shape index (κ2) is 11.4. The minimum atomic E-state index is -0.0909. The highest BCUT2D eigenvalue weighted by Crippen LogP contribution is 2.22. The lowest BCUT2D eigenvalue weighted by Crippen LogP contribution is -1.93. The van der Waals surface area contributed by atoms with Crippen LogP contribution in [0.25, 0.3) is 0 Å². The summed E-state index contributed by atoms with van der Waals surface area (Å²) in [5, 5.41) is 8.99. The molecular weight excluding hydrogens is 252 g/mol. The van der Waals surface area contributed by atoms with Crippen LogP contribution in [0.1, 0.15) is 72.1 Å². The van der Waals surface area contributed by atoms with E-state index in [1.807, 2.05) is 13.0 Å². The molecule has 114 valence electrons. The van der Waals surface area contributed by atoms with Crippen LogP contribution < -0.4 is 0 Å². The molecule has 0 saturated carbocycles. The Morgan fingerprint density at radius 2 is 1.90 bits per heavy atom. The van der Waals surface area contributed by atoms with Crippen molar-refractivity contribution in [2.24, 2.45) is 0 Å². The number of unbranched alkanes of at least 4 members (excludes halogenated alkanes) is 4. The van der Waals surface area contributed by atoms with E-state index in [4.69, 9.17) is 5.11 Å². The molecule has 1 aliphatic rings. The molecule has 3 nitrogen and oxygen atoms in total. The van der Waals surface area contributed by atoms with Crippen molar-refractivity contribution in [2.75, 3.05) is 0 Å².